The molecule has 0 aromatic carbocycles. The predicted molar refractivity (Wildman–Crippen MR) is 57.7 cm³/mol. The number of hydrogen-bond acceptors (Lipinski definition) is 2. The normalized spacial score (nSPS) is 22.8. The maximum Gasteiger partial charge on any atom is 0.0158 e. The molecule has 2 nitrogen and oxygen atoms in total. The lowest BCUT2D eigenvalue weighted by molar-refractivity contribution is 0.0240. The molecule has 0 radical (unpaired) electrons. The van der Waals surface area contributed by atoms with E-state index in [9.17, 15) is 0 Å². The maximum absolute atomic E-state index is 5.91. The smallest absolute Gasteiger partial charge is 0.0158 e. The molecule has 0 aromatic heterocycles. The van der Waals surface area contributed by atoms with E-state index < -0.39 is 0 Å². The van der Waals surface area contributed by atoms with Crippen molar-refractivity contribution in [3.63, 3.8) is 0 Å². The van der Waals surface area contributed by atoms with Crippen LogP contribution in [0.2, 0.25) is 0 Å². The molecule has 1 aliphatic carbocycles. The summed E-state index contributed by atoms with van der Waals surface area (Å²) in [6.07, 6.45) is 6.62. The lowest BCUT2D eigenvalue weighted by atomic mass is 9.62. The number of nitrogens with zero attached hydrogens (tertiary/aromatic N) is 1. The average molecular weight is 184 g/mol. The molecule has 0 aliphatic heterocycles. The minimum absolute atomic E-state index is 0.458. The molecule has 0 heterocycles. The van der Waals surface area contributed by atoms with E-state index in [0.29, 0.717) is 11.5 Å². The van der Waals surface area contributed by atoms with Crippen LogP contribution in [-0.4, -0.2) is 31.6 Å². The molecule has 0 saturated heterocycles. The predicted octanol–water partition coefficient (Wildman–Crippen LogP) is 1.85. The van der Waals surface area contributed by atoms with Gasteiger partial charge in [0, 0.05) is 6.04 Å². The van der Waals surface area contributed by atoms with Crippen LogP contribution in [0.3, 0.4) is 0 Å². The second-order valence-electron chi connectivity index (χ2n) is 4.69. The summed E-state index contributed by atoms with van der Waals surface area (Å²) in [5.74, 6) is 0. The highest BCUT2D eigenvalue weighted by Gasteiger charge is 2.43. The van der Waals surface area contributed by atoms with Crippen molar-refractivity contribution in [2.24, 2.45) is 11.1 Å². The van der Waals surface area contributed by atoms with E-state index in [2.05, 4.69) is 25.9 Å². The molecular formula is C11H24N2. The Balaban J connectivity index is 2.61. The van der Waals surface area contributed by atoms with Gasteiger partial charge < -0.3 is 10.6 Å². The van der Waals surface area contributed by atoms with Crippen molar-refractivity contribution in [2.45, 2.75) is 45.1 Å². The highest BCUT2D eigenvalue weighted by molar-refractivity contribution is 4.97. The summed E-state index contributed by atoms with van der Waals surface area (Å²) in [7, 11) is 4.38. The number of rotatable bonds is 5. The summed E-state index contributed by atoms with van der Waals surface area (Å²) in [4.78, 5) is 2.37. The van der Waals surface area contributed by atoms with Crippen LogP contribution in [0.5, 0.6) is 0 Å². The molecule has 0 amide bonds. The molecule has 0 bridgehead atoms. The number of hydrogen-bond donors (Lipinski definition) is 1. The molecule has 1 rings (SSSR count). The monoisotopic (exact) mass is 184 g/mol. The SMILES string of the molecule is CCCC(N(C)C)C1(CN)CCC1. The fraction of sp³-hybridized carbons (Fsp3) is 1.00. The van der Waals surface area contributed by atoms with Gasteiger partial charge >= 0.3 is 0 Å². The summed E-state index contributed by atoms with van der Waals surface area (Å²) in [6, 6.07) is 0.705. The van der Waals surface area contributed by atoms with Gasteiger partial charge in [0.05, 0.1) is 0 Å². The standard InChI is InChI=1S/C11H24N2/c1-4-6-10(13(2)3)11(9-12)7-5-8-11/h10H,4-9,12H2,1-3H3. The van der Waals surface area contributed by atoms with E-state index in [4.69, 9.17) is 5.73 Å². The van der Waals surface area contributed by atoms with Gasteiger partial charge in [-0.05, 0) is 45.3 Å². The molecule has 2 heteroatoms. The first kappa shape index (κ1) is 11.0. The van der Waals surface area contributed by atoms with E-state index in [1.54, 1.807) is 0 Å². The second kappa shape index (κ2) is 4.43. The molecule has 1 saturated carbocycles. The van der Waals surface area contributed by atoms with Crippen LogP contribution >= 0.6 is 0 Å². The maximum atomic E-state index is 5.91. The highest BCUT2D eigenvalue weighted by Crippen LogP contribution is 2.45. The fourth-order valence-corrected chi connectivity index (χ4v) is 2.69. The topological polar surface area (TPSA) is 29.3 Å². The van der Waals surface area contributed by atoms with E-state index in [1.807, 2.05) is 0 Å². The van der Waals surface area contributed by atoms with Crippen molar-refractivity contribution >= 4 is 0 Å². The van der Waals surface area contributed by atoms with E-state index in [-0.39, 0.29) is 0 Å². The molecule has 1 aliphatic rings. The molecule has 1 atom stereocenters. The van der Waals surface area contributed by atoms with Gasteiger partial charge in [-0.15, -0.1) is 0 Å². The Morgan fingerprint density at radius 2 is 2.00 bits per heavy atom. The molecule has 0 spiro atoms. The largest absolute Gasteiger partial charge is 0.330 e. The molecule has 2 N–H and O–H groups in total. The number of nitrogens with two attached hydrogens (primary N) is 1. The van der Waals surface area contributed by atoms with Crippen molar-refractivity contribution in [1.82, 2.24) is 4.90 Å². The van der Waals surface area contributed by atoms with Gasteiger partial charge in [-0.1, -0.05) is 19.8 Å². The van der Waals surface area contributed by atoms with Crippen molar-refractivity contribution < 1.29 is 0 Å². The van der Waals surface area contributed by atoms with Crippen LogP contribution < -0.4 is 5.73 Å². The Morgan fingerprint density at radius 1 is 1.38 bits per heavy atom. The summed E-state index contributed by atoms with van der Waals surface area (Å²) in [6.45, 7) is 3.13. The van der Waals surface area contributed by atoms with Crippen LogP contribution in [-0.2, 0) is 0 Å². The Labute approximate surface area is 82.5 Å². The van der Waals surface area contributed by atoms with Gasteiger partial charge in [0.2, 0.25) is 0 Å². The molecule has 13 heavy (non-hydrogen) atoms. The summed E-state index contributed by atoms with van der Waals surface area (Å²) in [5.41, 5.74) is 6.37. The third-order valence-corrected chi connectivity index (χ3v) is 3.65. The van der Waals surface area contributed by atoms with Crippen molar-refractivity contribution in [3.05, 3.63) is 0 Å². The van der Waals surface area contributed by atoms with Gasteiger partial charge in [-0.2, -0.15) is 0 Å². The van der Waals surface area contributed by atoms with Crippen LogP contribution in [0, 0.1) is 5.41 Å². The minimum atomic E-state index is 0.458. The van der Waals surface area contributed by atoms with Crippen LogP contribution in [0.1, 0.15) is 39.0 Å². The highest BCUT2D eigenvalue weighted by atomic mass is 15.1. The third kappa shape index (κ3) is 2.05. The van der Waals surface area contributed by atoms with Crippen LogP contribution in [0.25, 0.3) is 0 Å². The first-order chi connectivity index (χ1) is 6.16. The lowest BCUT2D eigenvalue weighted by Gasteiger charge is -2.50. The zero-order chi connectivity index (χ0) is 9.90. The van der Waals surface area contributed by atoms with Gasteiger partial charge in [0.15, 0.2) is 0 Å². The van der Waals surface area contributed by atoms with Crippen LogP contribution in [0.4, 0.5) is 0 Å². The molecule has 78 valence electrons. The Hall–Kier alpha value is -0.0800. The molecular weight excluding hydrogens is 160 g/mol. The van der Waals surface area contributed by atoms with Gasteiger partial charge in [-0.25, -0.2) is 0 Å². The lowest BCUT2D eigenvalue weighted by Crippen LogP contribution is -2.53. The Bertz CT molecular complexity index is 145. The average Bonchev–Trinajstić information content (AvgIpc) is 2.01. The first-order valence-electron chi connectivity index (χ1n) is 5.53. The quantitative estimate of drug-likeness (QED) is 0.706. The fourth-order valence-electron chi connectivity index (χ4n) is 2.69. The zero-order valence-electron chi connectivity index (χ0n) is 9.34. The van der Waals surface area contributed by atoms with E-state index in [0.717, 1.165) is 6.54 Å². The first-order valence-corrected chi connectivity index (χ1v) is 5.53. The molecule has 0 aromatic rings. The van der Waals surface area contributed by atoms with Crippen LogP contribution in [0.15, 0.2) is 0 Å². The molecule has 1 unspecified atom stereocenters. The van der Waals surface area contributed by atoms with Crippen molar-refractivity contribution in [2.75, 3.05) is 20.6 Å². The Morgan fingerprint density at radius 3 is 2.23 bits per heavy atom. The van der Waals surface area contributed by atoms with E-state index in [1.165, 1.54) is 32.1 Å². The van der Waals surface area contributed by atoms with Gasteiger partial charge in [0.1, 0.15) is 0 Å². The van der Waals surface area contributed by atoms with Gasteiger partial charge in [-0.3, -0.25) is 0 Å². The van der Waals surface area contributed by atoms with Gasteiger partial charge in [0.25, 0.3) is 0 Å². The second-order valence-corrected chi connectivity index (χ2v) is 4.69. The summed E-state index contributed by atoms with van der Waals surface area (Å²) in [5, 5.41) is 0. The molecule has 1 fully saturated rings. The minimum Gasteiger partial charge on any atom is -0.330 e. The summed E-state index contributed by atoms with van der Waals surface area (Å²) < 4.78 is 0. The third-order valence-electron chi connectivity index (χ3n) is 3.65. The summed E-state index contributed by atoms with van der Waals surface area (Å²) >= 11 is 0. The van der Waals surface area contributed by atoms with Crippen molar-refractivity contribution in [1.29, 1.82) is 0 Å². The Kier molecular flexibility index (Phi) is 3.74. The zero-order valence-corrected chi connectivity index (χ0v) is 9.34. The van der Waals surface area contributed by atoms with E-state index >= 15 is 0 Å². The van der Waals surface area contributed by atoms with Crippen molar-refractivity contribution in [3.8, 4) is 0 Å².